The highest BCUT2D eigenvalue weighted by Gasteiger charge is 2.53. The number of amides is 1. The SMILES string of the molecule is O=C(O)C1CCC([C@H]2C[C@@H](NC(=O)C3(c4ccc5c(c4)OC(F)(F)O5)CC3)c3ccc(OC(F)F)cc3O2)CC1. The first-order valence-electron chi connectivity index (χ1n) is 13.2. The molecule has 2 N–H and O–H groups in total. The highest BCUT2D eigenvalue weighted by atomic mass is 19.3. The van der Waals surface area contributed by atoms with Gasteiger partial charge in [0.25, 0.3) is 0 Å². The third kappa shape index (κ3) is 4.99. The molecule has 214 valence electrons. The molecule has 12 heteroatoms. The van der Waals surface area contributed by atoms with Crippen molar-refractivity contribution < 1.29 is 51.2 Å². The summed E-state index contributed by atoms with van der Waals surface area (Å²) in [5.74, 6) is -1.52. The van der Waals surface area contributed by atoms with Crippen molar-refractivity contribution in [1.29, 1.82) is 0 Å². The minimum atomic E-state index is -3.77. The molecule has 2 aliphatic carbocycles. The standard InChI is InChI=1S/C28H27F4NO7/c29-26(30)37-17-6-7-18-19(13-21(38-22(18)12-17)14-1-3-15(4-2-14)24(34)35)33-25(36)27(9-10-27)16-5-8-20-23(11-16)40-28(31,32)39-20/h5-8,11-12,14-15,19,21,26H,1-4,9-10,13H2,(H,33,36)(H,34,35)/t14?,15?,19-,21-/m1/s1. The highest BCUT2D eigenvalue weighted by molar-refractivity contribution is 5.92. The number of carboxylic acid groups (broad SMARTS) is 1. The van der Waals surface area contributed by atoms with Gasteiger partial charge in [0.15, 0.2) is 11.5 Å². The van der Waals surface area contributed by atoms with E-state index in [1.165, 1.54) is 24.3 Å². The zero-order valence-corrected chi connectivity index (χ0v) is 21.2. The number of halogens is 4. The van der Waals surface area contributed by atoms with Gasteiger partial charge in [-0.15, -0.1) is 8.78 Å². The average Bonchev–Trinajstić information content (AvgIpc) is 3.65. The number of fused-ring (bicyclic) bond motifs is 2. The van der Waals surface area contributed by atoms with Crippen molar-refractivity contribution >= 4 is 11.9 Å². The second kappa shape index (κ2) is 9.74. The Morgan fingerprint density at radius 2 is 1.70 bits per heavy atom. The number of rotatable bonds is 7. The number of carboxylic acids is 1. The van der Waals surface area contributed by atoms with Crippen LogP contribution in [0.25, 0.3) is 0 Å². The highest BCUT2D eigenvalue weighted by Crippen LogP contribution is 2.53. The molecule has 0 aromatic heterocycles. The number of hydrogen-bond donors (Lipinski definition) is 2. The van der Waals surface area contributed by atoms with Gasteiger partial charge < -0.3 is 29.4 Å². The first kappa shape index (κ1) is 26.5. The van der Waals surface area contributed by atoms with Crippen LogP contribution < -0.4 is 24.3 Å². The average molecular weight is 566 g/mol. The summed E-state index contributed by atoms with van der Waals surface area (Å²) in [7, 11) is 0. The van der Waals surface area contributed by atoms with Gasteiger partial charge in [0.05, 0.1) is 17.4 Å². The predicted molar refractivity (Wildman–Crippen MR) is 130 cm³/mol. The molecule has 8 nitrogen and oxygen atoms in total. The van der Waals surface area contributed by atoms with Crippen LogP contribution >= 0.6 is 0 Å². The fourth-order valence-electron chi connectivity index (χ4n) is 6.13. The Bertz CT molecular complexity index is 1320. The van der Waals surface area contributed by atoms with Gasteiger partial charge in [0.2, 0.25) is 5.91 Å². The van der Waals surface area contributed by atoms with E-state index in [0.29, 0.717) is 61.8 Å². The molecule has 1 amide bonds. The van der Waals surface area contributed by atoms with E-state index in [2.05, 4.69) is 19.5 Å². The van der Waals surface area contributed by atoms with Crippen molar-refractivity contribution in [3.05, 3.63) is 47.5 Å². The summed E-state index contributed by atoms with van der Waals surface area (Å²) in [5, 5.41) is 12.5. The van der Waals surface area contributed by atoms with Gasteiger partial charge in [0, 0.05) is 18.1 Å². The first-order chi connectivity index (χ1) is 19.0. The smallest absolute Gasteiger partial charge is 0.490 e. The van der Waals surface area contributed by atoms with Crippen LogP contribution in [0.15, 0.2) is 36.4 Å². The number of ether oxygens (including phenoxy) is 4. The zero-order valence-electron chi connectivity index (χ0n) is 21.2. The molecule has 0 spiro atoms. The zero-order chi connectivity index (χ0) is 28.2. The maximum atomic E-state index is 13.7. The summed E-state index contributed by atoms with van der Waals surface area (Å²) >= 11 is 0. The molecular formula is C28H27F4NO7. The lowest BCUT2D eigenvalue weighted by molar-refractivity contribution is -0.286. The van der Waals surface area contributed by atoms with Crippen LogP contribution in [0, 0.1) is 11.8 Å². The quantitative estimate of drug-likeness (QED) is 0.425. The summed E-state index contributed by atoms with van der Waals surface area (Å²) < 4.78 is 72.6. The molecule has 2 fully saturated rings. The number of alkyl halides is 4. The number of benzene rings is 2. The molecule has 2 heterocycles. The lowest BCUT2D eigenvalue weighted by Crippen LogP contribution is -2.43. The van der Waals surface area contributed by atoms with Gasteiger partial charge in [-0.25, -0.2) is 0 Å². The molecule has 0 unspecified atom stereocenters. The van der Waals surface area contributed by atoms with Gasteiger partial charge >= 0.3 is 18.9 Å². The Kier molecular flexibility index (Phi) is 6.46. The maximum absolute atomic E-state index is 13.7. The van der Waals surface area contributed by atoms with Gasteiger partial charge in [0.1, 0.15) is 17.6 Å². The minimum Gasteiger partial charge on any atom is -0.490 e. The Labute approximate surface area is 226 Å². The van der Waals surface area contributed by atoms with Crippen molar-refractivity contribution in [2.24, 2.45) is 11.8 Å². The van der Waals surface area contributed by atoms with Crippen LogP contribution in [0.1, 0.15) is 62.1 Å². The molecule has 4 aliphatic rings. The van der Waals surface area contributed by atoms with E-state index < -0.39 is 36.3 Å². The molecule has 0 radical (unpaired) electrons. The second-order valence-electron chi connectivity index (χ2n) is 10.9. The molecule has 2 atom stereocenters. The maximum Gasteiger partial charge on any atom is 0.586 e. The molecule has 2 saturated carbocycles. The number of nitrogens with one attached hydrogen (secondary N) is 1. The molecule has 2 aliphatic heterocycles. The van der Waals surface area contributed by atoms with Crippen LogP contribution in [0.3, 0.4) is 0 Å². The Balaban J connectivity index is 1.24. The molecule has 0 bridgehead atoms. The van der Waals surface area contributed by atoms with Crippen LogP contribution in [-0.2, 0) is 15.0 Å². The number of carbonyl (C=O) groups is 2. The van der Waals surface area contributed by atoms with Crippen molar-refractivity contribution in [3.63, 3.8) is 0 Å². The Morgan fingerprint density at radius 3 is 2.38 bits per heavy atom. The summed E-state index contributed by atoms with van der Waals surface area (Å²) in [4.78, 5) is 25.1. The predicted octanol–water partition coefficient (Wildman–Crippen LogP) is 5.54. The van der Waals surface area contributed by atoms with Crippen LogP contribution in [0.4, 0.5) is 17.6 Å². The number of carbonyl (C=O) groups excluding carboxylic acids is 1. The van der Waals surface area contributed by atoms with Crippen molar-refractivity contribution in [3.8, 4) is 23.0 Å². The fourth-order valence-corrected chi connectivity index (χ4v) is 6.13. The first-order valence-corrected chi connectivity index (χ1v) is 13.2. The van der Waals surface area contributed by atoms with Crippen LogP contribution in [0.2, 0.25) is 0 Å². The van der Waals surface area contributed by atoms with E-state index >= 15 is 0 Å². The van der Waals surface area contributed by atoms with E-state index in [9.17, 15) is 32.3 Å². The van der Waals surface area contributed by atoms with Gasteiger partial charge in [-0.1, -0.05) is 6.07 Å². The summed E-state index contributed by atoms with van der Waals surface area (Å²) in [6.07, 6.45) is -0.472. The molecule has 0 saturated heterocycles. The molecular weight excluding hydrogens is 538 g/mol. The van der Waals surface area contributed by atoms with Gasteiger partial charge in [-0.3, -0.25) is 9.59 Å². The van der Waals surface area contributed by atoms with Crippen molar-refractivity contribution in [1.82, 2.24) is 5.32 Å². The lowest BCUT2D eigenvalue weighted by Gasteiger charge is -2.39. The van der Waals surface area contributed by atoms with Crippen molar-refractivity contribution in [2.45, 2.75) is 75.4 Å². The number of hydrogen-bond acceptors (Lipinski definition) is 6. The van der Waals surface area contributed by atoms with Crippen LogP contribution in [-0.4, -0.2) is 36.0 Å². The molecule has 2 aromatic carbocycles. The summed E-state index contributed by atoms with van der Waals surface area (Å²) in [6, 6.07) is 8.16. The second-order valence-corrected chi connectivity index (χ2v) is 10.9. The van der Waals surface area contributed by atoms with Crippen LogP contribution in [0.5, 0.6) is 23.0 Å². The van der Waals surface area contributed by atoms with Gasteiger partial charge in [-0.05, 0) is 74.3 Å². The molecule has 2 aromatic rings. The minimum absolute atomic E-state index is 0.0215. The molecule has 6 rings (SSSR count). The largest absolute Gasteiger partial charge is 0.586 e. The van der Waals surface area contributed by atoms with E-state index in [-0.39, 0.29) is 35.2 Å². The normalized spacial score (nSPS) is 27.3. The van der Waals surface area contributed by atoms with E-state index in [4.69, 9.17) is 4.74 Å². The monoisotopic (exact) mass is 565 g/mol. The fraction of sp³-hybridized carbons (Fsp3) is 0.500. The van der Waals surface area contributed by atoms with E-state index in [0.717, 1.165) is 0 Å². The third-order valence-electron chi connectivity index (χ3n) is 8.42. The number of aliphatic carboxylic acids is 1. The molecule has 40 heavy (non-hydrogen) atoms. The summed E-state index contributed by atoms with van der Waals surface area (Å²) in [6.45, 7) is -3.02. The summed E-state index contributed by atoms with van der Waals surface area (Å²) in [5.41, 5.74) is 0.204. The van der Waals surface area contributed by atoms with E-state index in [1.54, 1.807) is 12.1 Å². The Morgan fingerprint density at radius 1 is 0.975 bits per heavy atom. The lowest BCUT2D eigenvalue weighted by atomic mass is 9.77. The van der Waals surface area contributed by atoms with Crippen molar-refractivity contribution in [2.75, 3.05) is 0 Å². The van der Waals surface area contributed by atoms with E-state index in [1.807, 2.05) is 0 Å². The Hall–Kier alpha value is -3.70. The topological polar surface area (TPSA) is 103 Å². The third-order valence-corrected chi connectivity index (χ3v) is 8.42. The van der Waals surface area contributed by atoms with Gasteiger partial charge in [-0.2, -0.15) is 8.78 Å².